The molecule has 0 unspecified atom stereocenters. The average Bonchev–Trinajstić information content (AvgIpc) is 2.73. The van der Waals surface area contributed by atoms with E-state index in [0.29, 0.717) is 22.1 Å². The lowest BCUT2D eigenvalue weighted by molar-refractivity contribution is 1.03. The van der Waals surface area contributed by atoms with Crippen LogP contribution in [0.5, 0.6) is 0 Å². The summed E-state index contributed by atoms with van der Waals surface area (Å²) in [4.78, 5) is 17.8. The number of aryl methyl sites for hydroxylation is 1. The molecule has 2 N–H and O–H groups in total. The number of nitrogens with zero attached hydrogens (tertiary/aromatic N) is 3. The van der Waals surface area contributed by atoms with Crippen molar-refractivity contribution in [3.05, 3.63) is 99.4 Å². The molecule has 0 aliphatic rings. The molecule has 29 heavy (non-hydrogen) atoms. The molecule has 0 amide bonds. The maximum atomic E-state index is 13.1. The van der Waals surface area contributed by atoms with E-state index in [9.17, 15) is 4.79 Å². The van der Waals surface area contributed by atoms with Crippen molar-refractivity contribution in [3.63, 3.8) is 0 Å². The highest BCUT2D eigenvalue weighted by Crippen LogP contribution is 2.20. The molecule has 0 fully saturated rings. The number of nitrogens with one attached hydrogen (secondary N) is 2. The summed E-state index contributed by atoms with van der Waals surface area (Å²) in [5.74, 6) is 0.422. The Labute approximate surface area is 172 Å². The number of anilines is 3. The minimum Gasteiger partial charge on any atom is -0.339 e. The summed E-state index contributed by atoms with van der Waals surface area (Å²) in [6.07, 6.45) is 3.18. The molecule has 4 rings (SSSR count). The summed E-state index contributed by atoms with van der Waals surface area (Å²) in [7, 11) is 0. The van der Waals surface area contributed by atoms with E-state index in [1.165, 1.54) is 10.6 Å². The van der Waals surface area contributed by atoms with E-state index in [1.54, 1.807) is 18.3 Å². The van der Waals surface area contributed by atoms with Crippen LogP contribution in [0.1, 0.15) is 11.1 Å². The second kappa shape index (κ2) is 8.16. The summed E-state index contributed by atoms with van der Waals surface area (Å²) < 4.78 is 1.52. The summed E-state index contributed by atoms with van der Waals surface area (Å²) in [6, 6.07) is 20.4. The number of halogens is 1. The Kier molecular flexibility index (Phi) is 5.27. The van der Waals surface area contributed by atoms with Gasteiger partial charge in [0.15, 0.2) is 0 Å². The van der Waals surface area contributed by atoms with Crippen LogP contribution >= 0.6 is 11.6 Å². The third-order valence-corrected chi connectivity index (χ3v) is 4.60. The van der Waals surface area contributed by atoms with Crippen LogP contribution in [0.3, 0.4) is 0 Å². The Morgan fingerprint density at radius 3 is 2.52 bits per heavy atom. The van der Waals surface area contributed by atoms with Crippen LogP contribution in [0.2, 0.25) is 5.02 Å². The van der Waals surface area contributed by atoms with Crippen molar-refractivity contribution in [1.29, 1.82) is 0 Å². The molecular formula is C22H18ClN5O. The number of hydrazone groups is 1. The van der Waals surface area contributed by atoms with Gasteiger partial charge in [-0.05, 0) is 55.0 Å². The van der Waals surface area contributed by atoms with E-state index in [0.717, 1.165) is 16.9 Å². The maximum Gasteiger partial charge on any atom is 0.268 e. The van der Waals surface area contributed by atoms with E-state index in [-0.39, 0.29) is 5.56 Å². The van der Waals surface area contributed by atoms with E-state index < -0.39 is 0 Å². The van der Waals surface area contributed by atoms with Gasteiger partial charge in [0.1, 0.15) is 17.0 Å². The Bertz CT molecular complexity index is 1230. The molecule has 144 valence electrons. The van der Waals surface area contributed by atoms with Crippen molar-refractivity contribution in [2.75, 3.05) is 10.7 Å². The van der Waals surface area contributed by atoms with Crippen LogP contribution in [-0.4, -0.2) is 15.6 Å². The van der Waals surface area contributed by atoms with Gasteiger partial charge < -0.3 is 5.32 Å². The molecule has 2 aromatic heterocycles. The summed E-state index contributed by atoms with van der Waals surface area (Å²) >= 11 is 5.97. The molecule has 4 aromatic rings. The maximum absolute atomic E-state index is 13.1. The number of hydrogen-bond donors (Lipinski definition) is 2. The lowest BCUT2D eigenvalue weighted by atomic mass is 10.2. The fourth-order valence-corrected chi connectivity index (χ4v) is 3.00. The first kappa shape index (κ1) is 18.7. The average molecular weight is 404 g/mol. The number of aromatic nitrogens is 2. The van der Waals surface area contributed by atoms with Gasteiger partial charge in [0.05, 0.1) is 11.9 Å². The fraction of sp³-hybridized carbons (Fsp3) is 0.0455. The Hall–Kier alpha value is -3.64. The zero-order valence-electron chi connectivity index (χ0n) is 15.6. The topological polar surface area (TPSA) is 70.8 Å². The van der Waals surface area contributed by atoms with Gasteiger partial charge in [0.25, 0.3) is 5.56 Å². The van der Waals surface area contributed by atoms with Gasteiger partial charge in [0.2, 0.25) is 0 Å². The van der Waals surface area contributed by atoms with Crippen LogP contribution in [0.15, 0.2) is 82.8 Å². The molecule has 0 spiro atoms. The number of rotatable bonds is 5. The SMILES string of the molecule is Cc1cccn2c(=O)c(/C=N/Nc3ccccc3)c(Nc3ccc(Cl)cc3)nc12. The number of pyridine rings is 1. The Morgan fingerprint density at radius 2 is 1.76 bits per heavy atom. The van der Waals surface area contributed by atoms with Crippen molar-refractivity contribution in [1.82, 2.24) is 9.38 Å². The highest BCUT2D eigenvalue weighted by molar-refractivity contribution is 6.30. The van der Waals surface area contributed by atoms with Crippen molar-refractivity contribution in [2.24, 2.45) is 5.10 Å². The minimum atomic E-state index is -0.214. The van der Waals surface area contributed by atoms with Gasteiger partial charge in [-0.25, -0.2) is 4.98 Å². The predicted octanol–water partition coefficient (Wildman–Crippen LogP) is 4.85. The fourth-order valence-electron chi connectivity index (χ4n) is 2.88. The van der Waals surface area contributed by atoms with Gasteiger partial charge in [-0.2, -0.15) is 5.10 Å². The molecule has 0 aliphatic carbocycles. The first-order chi connectivity index (χ1) is 14.1. The van der Waals surface area contributed by atoms with E-state index in [4.69, 9.17) is 11.6 Å². The number of para-hydroxylation sites is 1. The molecule has 2 heterocycles. The van der Waals surface area contributed by atoms with Gasteiger partial charge in [-0.3, -0.25) is 14.6 Å². The first-order valence-corrected chi connectivity index (χ1v) is 9.38. The molecule has 0 saturated heterocycles. The monoisotopic (exact) mass is 403 g/mol. The molecule has 0 saturated carbocycles. The number of fused-ring (bicyclic) bond motifs is 1. The third kappa shape index (κ3) is 4.12. The highest BCUT2D eigenvalue weighted by Gasteiger charge is 2.13. The smallest absolute Gasteiger partial charge is 0.268 e. The lowest BCUT2D eigenvalue weighted by Crippen LogP contribution is -2.22. The van der Waals surface area contributed by atoms with Crippen LogP contribution in [-0.2, 0) is 0 Å². The van der Waals surface area contributed by atoms with E-state index in [1.807, 2.05) is 61.5 Å². The van der Waals surface area contributed by atoms with Gasteiger partial charge in [-0.1, -0.05) is 35.9 Å². The zero-order valence-corrected chi connectivity index (χ0v) is 16.4. The molecule has 0 aliphatic heterocycles. The second-order valence-corrected chi connectivity index (χ2v) is 6.87. The molecule has 6 nitrogen and oxygen atoms in total. The third-order valence-electron chi connectivity index (χ3n) is 4.35. The summed E-state index contributed by atoms with van der Waals surface area (Å²) in [6.45, 7) is 1.92. The normalized spacial score (nSPS) is 11.1. The van der Waals surface area contributed by atoms with Crippen LogP contribution in [0, 0.1) is 6.92 Å². The summed E-state index contributed by atoms with van der Waals surface area (Å²) in [5.41, 5.74) is 6.12. The minimum absolute atomic E-state index is 0.214. The largest absolute Gasteiger partial charge is 0.339 e. The molecular weight excluding hydrogens is 386 g/mol. The van der Waals surface area contributed by atoms with Crippen LogP contribution < -0.4 is 16.3 Å². The summed E-state index contributed by atoms with van der Waals surface area (Å²) in [5, 5.41) is 8.07. The lowest BCUT2D eigenvalue weighted by Gasteiger charge is -2.12. The van der Waals surface area contributed by atoms with Crippen molar-refractivity contribution < 1.29 is 0 Å². The van der Waals surface area contributed by atoms with E-state index in [2.05, 4.69) is 20.8 Å². The van der Waals surface area contributed by atoms with Crippen LogP contribution in [0.4, 0.5) is 17.2 Å². The highest BCUT2D eigenvalue weighted by atomic mass is 35.5. The second-order valence-electron chi connectivity index (χ2n) is 6.43. The Morgan fingerprint density at radius 1 is 1.00 bits per heavy atom. The number of benzene rings is 2. The van der Waals surface area contributed by atoms with Gasteiger partial charge in [0, 0.05) is 16.9 Å². The van der Waals surface area contributed by atoms with Crippen molar-refractivity contribution in [2.45, 2.75) is 6.92 Å². The Balaban J connectivity index is 1.78. The molecule has 7 heteroatoms. The van der Waals surface area contributed by atoms with Crippen molar-refractivity contribution >= 4 is 40.7 Å². The molecule has 0 atom stereocenters. The first-order valence-electron chi connectivity index (χ1n) is 9.00. The zero-order chi connectivity index (χ0) is 20.2. The predicted molar refractivity (Wildman–Crippen MR) is 119 cm³/mol. The number of hydrogen-bond acceptors (Lipinski definition) is 5. The van der Waals surface area contributed by atoms with Crippen molar-refractivity contribution in [3.8, 4) is 0 Å². The van der Waals surface area contributed by atoms with Gasteiger partial charge in [-0.15, -0.1) is 0 Å². The van der Waals surface area contributed by atoms with E-state index >= 15 is 0 Å². The standard InChI is InChI=1S/C22H18ClN5O/c1-15-6-5-13-28-21(15)26-20(25-17-11-9-16(23)10-12-17)19(22(28)29)14-24-27-18-7-3-2-4-8-18/h2-14,25,27H,1H3/b24-14+. The molecule has 0 radical (unpaired) electrons. The molecule has 2 aromatic carbocycles. The van der Waals surface area contributed by atoms with Gasteiger partial charge >= 0.3 is 0 Å². The van der Waals surface area contributed by atoms with Crippen LogP contribution in [0.25, 0.3) is 5.65 Å². The molecule has 0 bridgehead atoms. The quantitative estimate of drug-likeness (QED) is 0.369.